The largest absolute Gasteiger partial charge is 0.351 e. The van der Waals surface area contributed by atoms with Crippen LogP contribution < -0.4 is 10.2 Å². The number of nitrogens with zero attached hydrogens (tertiary/aromatic N) is 3. The summed E-state index contributed by atoms with van der Waals surface area (Å²) < 4.78 is 3.28. The Labute approximate surface area is 202 Å². The zero-order valence-electron chi connectivity index (χ0n) is 17.9. The summed E-state index contributed by atoms with van der Waals surface area (Å²) in [5.41, 5.74) is 6.72. The zero-order chi connectivity index (χ0) is 22.2. The number of aryl methyl sites for hydroxylation is 2. The molecule has 4 aromatic rings. The third kappa shape index (κ3) is 3.85. The molecule has 6 heteroatoms. The minimum absolute atomic E-state index is 0.0624. The highest BCUT2D eigenvalue weighted by Gasteiger charge is 2.42. The molecule has 1 aliphatic rings. The average Bonchev–Trinajstić information content (AvgIpc) is 3.38. The van der Waals surface area contributed by atoms with Gasteiger partial charge >= 0.3 is 0 Å². The fourth-order valence-corrected chi connectivity index (χ4v) is 5.25. The van der Waals surface area contributed by atoms with E-state index in [2.05, 4.69) is 110 Å². The first-order chi connectivity index (χ1) is 15.5. The molecule has 0 bridgehead atoms. The number of thiocarbonyl (C=S) groups is 1. The maximum absolute atomic E-state index is 5.89. The maximum atomic E-state index is 5.89. The van der Waals surface area contributed by atoms with Crippen LogP contribution in [0, 0.1) is 13.8 Å². The van der Waals surface area contributed by atoms with Crippen LogP contribution in [0.2, 0.25) is 0 Å². The molecule has 0 unspecified atom stereocenters. The van der Waals surface area contributed by atoms with E-state index in [0.717, 1.165) is 27.2 Å². The summed E-state index contributed by atoms with van der Waals surface area (Å²) in [6.45, 7) is 4.25. The average molecular weight is 503 g/mol. The van der Waals surface area contributed by atoms with E-state index in [9.17, 15) is 0 Å². The molecule has 32 heavy (non-hydrogen) atoms. The van der Waals surface area contributed by atoms with Crippen molar-refractivity contribution in [2.45, 2.75) is 25.9 Å². The topological polar surface area (TPSA) is 33.1 Å². The van der Waals surface area contributed by atoms with Crippen LogP contribution >= 0.6 is 28.1 Å². The fraction of sp³-hybridized carbons (Fsp3) is 0.154. The highest BCUT2D eigenvalue weighted by molar-refractivity contribution is 9.10. The van der Waals surface area contributed by atoms with Crippen LogP contribution in [0.15, 0.2) is 89.7 Å². The maximum Gasteiger partial charge on any atom is 0.174 e. The molecule has 2 atom stereocenters. The van der Waals surface area contributed by atoms with Crippen LogP contribution in [0.25, 0.3) is 5.69 Å². The second kappa shape index (κ2) is 8.52. The molecule has 0 aliphatic carbocycles. The van der Waals surface area contributed by atoms with Crippen LogP contribution in [-0.4, -0.2) is 14.7 Å². The molecule has 0 amide bonds. The standard InChI is InChI=1S/C26H23BrN4S/c1-17-13-18(2)15-21(14-17)31-25(24(29-26(31)32)22-9-3-4-11-28-22)23-10-6-12-30(23)20-8-5-7-19(27)16-20/h3-16,24-25H,1-2H3,(H,29,32)/t24-,25-/m0/s1. The monoisotopic (exact) mass is 502 g/mol. The lowest BCUT2D eigenvalue weighted by molar-refractivity contribution is 0.549. The summed E-state index contributed by atoms with van der Waals surface area (Å²) in [6, 6.07) is 25.1. The molecule has 5 rings (SSSR count). The molecule has 0 saturated carbocycles. The van der Waals surface area contributed by atoms with Gasteiger partial charge in [0.1, 0.15) is 6.04 Å². The van der Waals surface area contributed by atoms with Gasteiger partial charge in [-0.1, -0.05) is 34.1 Å². The molecule has 2 aromatic carbocycles. The second-order valence-electron chi connectivity index (χ2n) is 8.13. The number of anilines is 1. The molecule has 1 N–H and O–H groups in total. The number of nitrogens with one attached hydrogen (secondary N) is 1. The van der Waals surface area contributed by atoms with Gasteiger partial charge in [-0.15, -0.1) is 0 Å². The van der Waals surface area contributed by atoms with Gasteiger partial charge in [0.15, 0.2) is 5.11 Å². The molecule has 0 spiro atoms. The highest BCUT2D eigenvalue weighted by Crippen LogP contribution is 2.42. The van der Waals surface area contributed by atoms with Crippen molar-refractivity contribution in [1.29, 1.82) is 0 Å². The Hall–Kier alpha value is -2.96. The Kier molecular flexibility index (Phi) is 5.57. The first-order valence-electron chi connectivity index (χ1n) is 10.5. The molecule has 1 fully saturated rings. The molecule has 2 aromatic heterocycles. The van der Waals surface area contributed by atoms with E-state index in [1.807, 2.05) is 24.4 Å². The summed E-state index contributed by atoms with van der Waals surface area (Å²) in [5.74, 6) is 0. The van der Waals surface area contributed by atoms with Gasteiger partial charge in [-0.2, -0.15) is 0 Å². The number of hydrogen-bond acceptors (Lipinski definition) is 2. The van der Waals surface area contributed by atoms with Gasteiger partial charge < -0.3 is 14.8 Å². The molecular weight excluding hydrogens is 480 g/mol. The van der Waals surface area contributed by atoms with Crippen LogP contribution in [0.1, 0.15) is 34.6 Å². The van der Waals surface area contributed by atoms with Crippen LogP contribution in [-0.2, 0) is 0 Å². The van der Waals surface area contributed by atoms with E-state index in [4.69, 9.17) is 12.2 Å². The zero-order valence-corrected chi connectivity index (χ0v) is 20.3. The van der Waals surface area contributed by atoms with Crippen molar-refractivity contribution in [3.63, 3.8) is 0 Å². The van der Waals surface area contributed by atoms with Gasteiger partial charge in [-0.3, -0.25) is 4.98 Å². The number of rotatable bonds is 4. The first-order valence-corrected chi connectivity index (χ1v) is 11.7. The number of halogens is 1. The van der Waals surface area contributed by atoms with Gasteiger partial charge in [0.25, 0.3) is 0 Å². The SMILES string of the molecule is Cc1cc(C)cc(N2C(=S)N[C@@H](c3ccccn3)[C@@H]2c2cccn2-c2cccc(Br)c2)c1. The summed E-state index contributed by atoms with van der Waals surface area (Å²) in [7, 11) is 0. The lowest BCUT2D eigenvalue weighted by atomic mass is 10.00. The van der Waals surface area contributed by atoms with Crippen LogP contribution in [0.5, 0.6) is 0 Å². The van der Waals surface area contributed by atoms with Gasteiger partial charge in [0.05, 0.1) is 11.7 Å². The Balaban J connectivity index is 1.69. The summed E-state index contributed by atoms with van der Waals surface area (Å²) in [6.07, 6.45) is 3.94. The van der Waals surface area contributed by atoms with E-state index in [1.54, 1.807) is 0 Å². The Bertz CT molecular complexity index is 1260. The molecule has 1 aliphatic heterocycles. The highest BCUT2D eigenvalue weighted by atomic mass is 79.9. The predicted octanol–water partition coefficient (Wildman–Crippen LogP) is 6.43. The Morgan fingerprint density at radius 1 is 0.906 bits per heavy atom. The van der Waals surface area contributed by atoms with Crippen molar-refractivity contribution in [2.75, 3.05) is 4.90 Å². The molecule has 1 saturated heterocycles. The van der Waals surface area contributed by atoms with Crippen molar-refractivity contribution >= 4 is 38.9 Å². The van der Waals surface area contributed by atoms with Crippen molar-refractivity contribution in [3.05, 3.63) is 112 Å². The number of pyridine rings is 1. The summed E-state index contributed by atoms with van der Waals surface area (Å²) >= 11 is 9.50. The minimum Gasteiger partial charge on any atom is -0.351 e. The van der Waals surface area contributed by atoms with E-state index in [0.29, 0.717) is 5.11 Å². The summed E-state index contributed by atoms with van der Waals surface area (Å²) in [5, 5.41) is 4.26. The quantitative estimate of drug-likeness (QED) is 0.326. The Morgan fingerprint density at radius 3 is 2.44 bits per heavy atom. The number of benzene rings is 2. The van der Waals surface area contributed by atoms with Gasteiger partial charge in [0, 0.05) is 33.9 Å². The van der Waals surface area contributed by atoms with Crippen molar-refractivity contribution in [1.82, 2.24) is 14.9 Å². The third-order valence-corrected chi connectivity index (χ3v) is 6.56. The fourth-order valence-electron chi connectivity index (χ4n) is 4.52. The normalized spacial score (nSPS) is 18.1. The first kappa shape index (κ1) is 20.9. The second-order valence-corrected chi connectivity index (χ2v) is 9.43. The molecule has 3 heterocycles. The summed E-state index contributed by atoms with van der Waals surface area (Å²) in [4.78, 5) is 6.90. The van der Waals surface area contributed by atoms with Crippen LogP contribution in [0.4, 0.5) is 5.69 Å². The Morgan fingerprint density at radius 2 is 1.72 bits per heavy atom. The van der Waals surface area contributed by atoms with E-state index < -0.39 is 0 Å². The molecule has 0 radical (unpaired) electrons. The lowest BCUT2D eigenvalue weighted by Gasteiger charge is -2.29. The minimum atomic E-state index is -0.0784. The molecular formula is C26H23BrN4S. The smallest absolute Gasteiger partial charge is 0.174 e. The number of hydrogen-bond donors (Lipinski definition) is 1. The van der Waals surface area contributed by atoms with Crippen molar-refractivity contribution < 1.29 is 0 Å². The van der Waals surface area contributed by atoms with Crippen molar-refractivity contribution in [2.24, 2.45) is 0 Å². The van der Waals surface area contributed by atoms with Gasteiger partial charge in [-0.05, 0) is 91.8 Å². The molecule has 4 nitrogen and oxygen atoms in total. The van der Waals surface area contributed by atoms with Gasteiger partial charge in [0.2, 0.25) is 0 Å². The lowest BCUT2D eigenvalue weighted by Crippen LogP contribution is -2.30. The number of aromatic nitrogens is 2. The van der Waals surface area contributed by atoms with E-state index in [-0.39, 0.29) is 12.1 Å². The van der Waals surface area contributed by atoms with E-state index in [1.165, 1.54) is 11.1 Å². The van der Waals surface area contributed by atoms with Gasteiger partial charge in [-0.25, -0.2) is 0 Å². The molecule has 160 valence electrons. The predicted molar refractivity (Wildman–Crippen MR) is 137 cm³/mol. The van der Waals surface area contributed by atoms with E-state index >= 15 is 0 Å². The van der Waals surface area contributed by atoms with Crippen molar-refractivity contribution in [3.8, 4) is 5.69 Å². The third-order valence-electron chi connectivity index (χ3n) is 5.75. The van der Waals surface area contributed by atoms with Crippen LogP contribution in [0.3, 0.4) is 0 Å².